The van der Waals surface area contributed by atoms with Crippen LogP contribution in [0.5, 0.6) is 0 Å². The standard InChI is InChI=1S/C15H16N2/c1-10-11(2)15-7-5-3-4-6-14(10,15)12(8-16)13(15)9-17/h3-7H2,1-2H3/t14-,15+. The van der Waals surface area contributed by atoms with E-state index in [9.17, 15) is 10.5 Å². The van der Waals surface area contributed by atoms with E-state index < -0.39 is 0 Å². The largest absolute Gasteiger partial charge is 0.193 e. The molecule has 1 fully saturated rings. The van der Waals surface area contributed by atoms with Crippen molar-refractivity contribution in [2.24, 2.45) is 10.8 Å². The van der Waals surface area contributed by atoms with Crippen molar-refractivity contribution in [2.45, 2.75) is 46.0 Å². The first-order valence-corrected chi connectivity index (χ1v) is 6.40. The Kier molecular flexibility index (Phi) is 1.88. The second-order valence-corrected chi connectivity index (χ2v) is 5.59. The molecule has 0 aromatic heterocycles. The molecule has 86 valence electrons. The zero-order chi connectivity index (χ0) is 12.3. The van der Waals surface area contributed by atoms with Gasteiger partial charge in [0.2, 0.25) is 0 Å². The molecule has 0 aromatic carbocycles. The van der Waals surface area contributed by atoms with E-state index in [1.165, 1.54) is 30.4 Å². The van der Waals surface area contributed by atoms with Gasteiger partial charge < -0.3 is 0 Å². The Hall–Kier alpha value is -1.54. The highest BCUT2D eigenvalue weighted by atomic mass is 14.7. The molecular formula is C15H16N2. The highest BCUT2D eigenvalue weighted by molar-refractivity contribution is 5.72. The molecule has 3 aliphatic carbocycles. The lowest BCUT2D eigenvalue weighted by Gasteiger charge is -2.67. The van der Waals surface area contributed by atoms with Gasteiger partial charge in [-0.25, -0.2) is 0 Å². The molecule has 17 heavy (non-hydrogen) atoms. The number of hydrogen-bond acceptors (Lipinski definition) is 2. The first-order valence-electron chi connectivity index (χ1n) is 6.40. The predicted octanol–water partition coefficient (Wildman–Crippen LogP) is 3.63. The minimum Gasteiger partial charge on any atom is -0.193 e. The lowest BCUT2D eigenvalue weighted by atomic mass is 9.33. The third-order valence-electron chi connectivity index (χ3n) is 5.50. The van der Waals surface area contributed by atoms with Crippen LogP contribution < -0.4 is 0 Å². The van der Waals surface area contributed by atoms with Crippen molar-refractivity contribution in [1.82, 2.24) is 0 Å². The van der Waals surface area contributed by atoms with E-state index in [1.54, 1.807) is 0 Å². The van der Waals surface area contributed by atoms with E-state index in [2.05, 4.69) is 26.0 Å². The molecule has 3 aliphatic rings. The van der Waals surface area contributed by atoms with E-state index in [0.717, 1.165) is 24.0 Å². The van der Waals surface area contributed by atoms with Crippen LogP contribution in [0.1, 0.15) is 46.0 Å². The molecule has 3 rings (SSSR count). The number of nitrogens with zero attached hydrogens (tertiary/aromatic N) is 2. The first kappa shape index (κ1) is 10.6. The molecule has 2 atom stereocenters. The summed E-state index contributed by atoms with van der Waals surface area (Å²) in [5.74, 6) is 0. The SMILES string of the molecule is CC1=C(C)[C@@]23CCCCC[C@@]12C(C#N)=C3C#N. The molecule has 0 amide bonds. The van der Waals surface area contributed by atoms with Crippen LogP contribution in [0.15, 0.2) is 22.3 Å². The lowest BCUT2D eigenvalue weighted by Crippen LogP contribution is -2.61. The van der Waals surface area contributed by atoms with E-state index >= 15 is 0 Å². The highest BCUT2D eigenvalue weighted by Gasteiger charge is 2.72. The fourth-order valence-electron chi connectivity index (χ4n) is 4.70. The molecule has 0 heterocycles. The van der Waals surface area contributed by atoms with E-state index in [4.69, 9.17) is 0 Å². The van der Waals surface area contributed by atoms with Crippen LogP contribution in [0.2, 0.25) is 0 Å². The monoisotopic (exact) mass is 224 g/mol. The molecule has 0 radical (unpaired) electrons. The number of nitriles is 2. The fraction of sp³-hybridized carbons (Fsp3) is 0.600. The fourth-order valence-corrected chi connectivity index (χ4v) is 4.70. The summed E-state index contributed by atoms with van der Waals surface area (Å²) in [6, 6.07) is 4.64. The molecule has 0 saturated heterocycles. The van der Waals surface area contributed by atoms with Gasteiger partial charge in [0.05, 0.1) is 23.3 Å². The van der Waals surface area contributed by atoms with Gasteiger partial charge in [-0.3, -0.25) is 0 Å². The highest BCUT2D eigenvalue weighted by Crippen LogP contribution is 2.79. The Morgan fingerprint density at radius 1 is 0.824 bits per heavy atom. The van der Waals surface area contributed by atoms with Crippen molar-refractivity contribution >= 4 is 0 Å². The van der Waals surface area contributed by atoms with Crippen molar-refractivity contribution in [1.29, 1.82) is 10.5 Å². The summed E-state index contributed by atoms with van der Waals surface area (Å²) >= 11 is 0. The molecule has 0 aromatic rings. The van der Waals surface area contributed by atoms with Crippen LogP contribution in [0.3, 0.4) is 0 Å². The van der Waals surface area contributed by atoms with Gasteiger partial charge in [-0.05, 0) is 26.7 Å². The summed E-state index contributed by atoms with van der Waals surface area (Å²) in [6.07, 6.45) is 5.77. The van der Waals surface area contributed by atoms with Gasteiger partial charge in [0.25, 0.3) is 0 Å². The number of allylic oxidation sites excluding steroid dienone is 4. The molecule has 2 nitrogen and oxygen atoms in total. The van der Waals surface area contributed by atoms with Crippen LogP contribution in [-0.4, -0.2) is 0 Å². The van der Waals surface area contributed by atoms with Gasteiger partial charge >= 0.3 is 0 Å². The average Bonchev–Trinajstić information content (AvgIpc) is 2.46. The third-order valence-corrected chi connectivity index (χ3v) is 5.50. The third kappa shape index (κ3) is 0.786. The van der Waals surface area contributed by atoms with E-state index in [0.29, 0.717) is 0 Å². The second-order valence-electron chi connectivity index (χ2n) is 5.59. The Morgan fingerprint density at radius 2 is 1.24 bits per heavy atom. The molecule has 0 aliphatic heterocycles. The van der Waals surface area contributed by atoms with Gasteiger partial charge in [-0.15, -0.1) is 0 Å². The summed E-state index contributed by atoms with van der Waals surface area (Å²) < 4.78 is 0. The maximum Gasteiger partial charge on any atom is 0.0967 e. The minimum absolute atomic E-state index is 0.0343. The zero-order valence-electron chi connectivity index (χ0n) is 10.4. The molecule has 0 unspecified atom stereocenters. The maximum atomic E-state index is 9.35. The second kappa shape index (κ2) is 3.02. The van der Waals surface area contributed by atoms with Crippen LogP contribution in [0.25, 0.3) is 0 Å². The van der Waals surface area contributed by atoms with Crippen molar-refractivity contribution < 1.29 is 0 Å². The van der Waals surface area contributed by atoms with Crippen LogP contribution in [0, 0.1) is 33.5 Å². The summed E-state index contributed by atoms with van der Waals surface area (Å²) in [5.41, 5.74) is 4.24. The smallest absolute Gasteiger partial charge is 0.0967 e. The quantitative estimate of drug-likeness (QED) is 0.590. The van der Waals surface area contributed by atoms with E-state index in [-0.39, 0.29) is 10.8 Å². The summed E-state index contributed by atoms with van der Waals surface area (Å²) in [6.45, 7) is 4.31. The summed E-state index contributed by atoms with van der Waals surface area (Å²) in [7, 11) is 0. The minimum atomic E-state index is -0.0343. The molecule has 0 spiro atoms. The van der Waals surface area contributed by atoms with Crippen LogP contribution in [-0.2, 0) is 0 Å². The Labute approximate surface area is 102 Å². The van der Waals surface area contributed by atoms with Crippen molar-refractivity contribution in [3.63, 3.8) is 0 Å². The van der Waals surface area contributed by atoms with Gasteiger partial charge in [0, 0.05) is 10.8 Å². The molecule has 0 N–H and O–H groups in total. The zero-order valence-corrected chi connectivity index (χ0v) is 10.4. The van der Waals surface area contributed by atoms with Crippen molar-refractivity contribution in [2.75, 3.05) is 0 Å². The normalized spacial score (nSPS) is 39.1. The van der Waals surface area contributed by atoms with Gasteiger partial charge in [0.15, 0.2) is 0 Å². The van der Waals surface area contributed by atoms with Crippen LogP contribution >= 0.6 is 0 Å². The Bertz CT molecular complexity index is 504. The maximum absolute atomic E-state index is 9.35. The summed E-state index contributed by atoms with van der Waals surface area (Å²) in [5, 5.41) is 18.7. The molecule has 2 heteroatoms. The Morgan fingerprint density at radius 3 is 1.59 bits per heavy atom. The number of rotatable bonds is 0. The van der Waals surface area contributed by atoms with Gasteiger partial charge in [-0.1, -0.05) is 30.4 Å². The van der Waals surface area contributed by atoms with Gasteiger partial charge in [0.1, 0.15) is 0 Å². The van der Waals surface area contributed by atoms with Crippen LogP contribution in [0.4, 0.5) is 0 Å². The van der Waals surface area contributed by atoms with Gasteiger partial charge in [-0.2, -0.15) is 10.5 Å². The lowest BCUT2D eigenvalue weighted by molar-refractivity contribution is 0.0904. The number of hydrogen-bond donors (Lipinski definition) is 0. The van der Waals surface area contributed by atoms with Crippen molar-refractivity contribution in [3.05, 3.63) is 22.3 Å². The predicted molar refractivity (Wildman–Crippen MR) is 64.6 cm³/mol. The molecule has 1 saturated carbocycles. The Balaban J connectivity index is 2.25. The van der Waals surface area contributed by atoms with Crippen molar-refractivity contribution in [3.8, 4) is 12.1 Å². The summed E-state index contributed by atoms with van der Waals surface area (Å²) in [4.78, 5) is 0. The van der Waals surface area contributed by atoms with E-state index in [1.807, 2.05) is 0 Å². The molecular weight excluding hydrogens is 208 g/mol. The first-order chi connectivity index (χ1) is 8.16. The topological polar surface area (TPSA) is 47.6 Å². The molecule has 0 bridgehead atoms. The average molecular weight is 224 g/mol.